The molecule has 0 aliphatic heterocycles. The molecular formula is C12H8Br2O2. The zero-order chi connectivity index (χ0) is 11.7. The average molecular weight is 344 g/mol. The molecule has 0 fully saturated rings. The van der Waals surface area contributed by atoms with Crippen LogP contribution >= 0.6 is 31.9 Å². The van der Waals surface area contributed by atoms with Gasteiger partial charge in [0, 0.05) is 10.0 Å². The van der Waals surface area contributed by atoms with Crippen molar-refractivity contribution in [2.75, 3.05) is 0 Å². The van der Waals surface area contributed by atoms with Crippen LogP contribution in [0.15, 0.2) is 43.9 Å². The Morgan fingerprint density at radius 1 is 1.19 bits per heavy atom. The van der Waals surface area contributed by atoms with Gasteiger partial charge in [-0.05, 0) is 52.7 Å². The summed E-state index contributed by atoms with van der Waals surface area (Å²) < 4.78 is 6.81. The fourth-order valence-electron chi connectivity index (χ4n) is 1.37. The molecule has 2 aromatic rings. The molecule has 0 radical (unpaired) electrons. The normalized spacial score (nSPS) is 10.4. The van der Waals surface area contributed by atoms with Crippen LogP contribution in [0, 0.1) is 6.92 Å². The van der Waals surface area contributed by atoms with E-state index in [1.54, 1.807) is 12.1 Å². The van der Waals surface area contributed by atoms with Crippen molar-refractivity contribution < 1.29 is 9.21 Å². The van der Waals surface area contributed by atoms with E-state index in [0.717, 1.165) is 10.0 Å². The smallest absolute Gasteiger partial charge is 0.229 e. The molecule has 82 valence electrons. The van der Waals surface area contributed by atoms with Crippen molar-refractivity contribution in [2.24, 2.45) is 0 Å². The van der Waals surface area contributed by atoms with Crippen LogP contribution in [0.5, 0.6) is 0 Å². The zero-order valence-electron chi connectivity index (χ0n) is 8.46. The summed E-state index contributed by atoms with van der Waals surface area (Å²) in [5.41, 5.74) is 1.64. The lowest BCUT2D eigenvalue weighted by Crippen LogP contribution is -2.00. The van der Waals surface area contributed by atoms with Gasteiger partial charge in [-0.25, -0.2) is 0 Å². The number of rotatable bonds is 2. The van der Waals surface area contributed by atoms with Crippen molar-refractivity contribution in [3.63, 3.8) is 0 Å². The van der Waals surface area contributed by atoms with E-state index < -0.39 is 0 Å². The van der Waals surface area contributed by atoms with Crippen LogP contribution in [0.3, 0.4) is 0 Å². The van der Waals surface area contributed by atoms with E-state index >= 15 is 0 Å². The number of carbonyl (C=O) groups is 1. The molecule has 0 aliphatic rings. The van der Waals surface area contributed by atoms with E-state index in [2.05, 4.69) is 31.9 Å². The Bertz CT molecular complexity index is 544. The standard InChI is InChI=1S/C12H8Br2O2/c1-7-6-8(2-3-9(7)13)11(15)12-10(14)4-5-16-12/h2-6H,1H3. The number of benzene rings is 1. The highest BCUT2D eigenvalue weighted by atomic mass is 79.9. The molecule has 0 amide bonds. The predicted molar refractivity (Wildman–Crippen MR) is 68.7 cm³/mol. The average Bonchev–Trinajstić information content (AvgIpc) is 2.67. The summed E-state index contributed by atoms with van der Waals surface area (Å²) in [6.07, 6.45) is 1.49. The van der Waals surface area contributed by atoms with Crippen molar-refractivity contribution in [2.45, 2.75) is 6.92 Å². The van der Waals surface area contributed by atoms with Gasteiger partial charge in [0.05, 0.1) is 10.7 Å². The van der Waals surface area contributed by atoms with Gasteiger partial charge in [-0.15, -0.1) is 0 Å². The molecule has 0 aliphatic carbocycles. The third-order valence-electron chi connectivity index (χ3n) is 2.24. The molecular weight excluding hydrogens is 336 g/mol. The van der Waals surface area contributed by atoms with Crippen LogP contribution < -0.4 is 0 Å². The van der Waals surface area contributed by atoms with Crippen LogP contribution in [-0.2, 0) is 0 Å². The Labute approximate surface area is 110 Å². The first-order chi connectivity index (χ1) is 7.59. The summed E-state index contributed by atoms with van der Waals surface area (Å²) in [5, 5.41) is 0. The largest absolute Gasteiger partial charge is 0.460 e. The SMILES string of the molecule is Cc1cc(C(=O)c2occc2Br)ccc1Br. The first-order valence-electron chi connectivity index (χ1n) is 4.63. The Morgan fingerprint density at radius 3 is 2.50 bits per heavy atom. The molecule has 0 atom stereocenters. The number of furan rings is 1. The van der Waals surface area contributed by atoms with E-state index in [4.69, 9.17) is 4.42 Å². The molecule has 2 rings (SSSR count). The Hall–Kier alpha value is -0.870. The highest BCUT2D eigenvalue weighted by molar-refractivity contribution is 9.10. The van der Waals surface area contributed by atoms with Gasteiger partial charge in [0.2, 0.25) is 5.78 Å². The van der Waals surface area contributed by atoms with E-state index in [9.17, 15) is 4.79 Å². The van der Waals surface area contributed by atoms with Gasteiger partial charge < -0.3 is 4.42 Å². The fraction of sp³-hybridized carbons (Fsp3) is 0.0833. The summed E-state index contributed by atoms with van der Waals surface area (Å²) in [4.78, 5) is 12.1. The Balaban J connectivity index is 2.42. The lowest BCUT2D eigenvalue weighted by molar-refractivity contribution is 0.101. The monoisotopic (exact) mass is 342 g/mol. The van der Waals surface area contributed by atoms with Gasteiger partial charge in [0.25, 0.3) is 0 Å². The lowest BCUT2D eigenvalue weighted by Gasteiger charge is -2.02. The van der Waals surface area contributed by atoms with Crippen LogP contribution in [-0.4, -0.2) is 5.78 Å². The van der Waals surface area contributed by atoms with Gasteiger partial charge in [-0.1, -0.05) is 15.9 Å². The number of hydrogen-bond acceptors (Lipinski definition) is 2. The van der Waals surface area contributed by atoms with Gasteiger partial charge in [-0.2, -0.15) is 0 Å². The molecule has 0 unspecified atom stereocenters. The summed E-state index contributed by atoms with van der Waals surface area (Å²) >= 11 is 6.67. The minimum Gasteiger partial charge on any atom is -0.460 e. The lowest BCUT2D eigenvalue weighted by atomic mass is 10.1. The number of aryl methyl sites for hydroxylation is 1. The molecule has 4 heteroatoms. The maximum atomic E-state index is 12.1. The van der Waals surface area contributed by atoms with E-state index in [0.29, 0.717) is 15.8 Å². The maximum absolute atomic E-state index is 12.1. The molecule has 1 aromatic heterocycles. The summed E-state index contributed by atoms with van der Waals surface area (Å²) in [6.45, 7) is 1.94. The topological polar surface area (TPSA) is 30.2 Å². The summed E-state index contributed by atoms with van der Waals surface area (Å²) in [7, 11) is 0. The van der Waals surface area contributed by atoms with E-state index in [-0.39, 0.29) is 5.78 Å². The van der Waals surface area contributed by atoms with Crippen LogP contribution in [0.25, 0.3) is 0 Å². The second-order valence-electron chi connectivity index (χ2n) is 3.39. The number of halogens is 2. The van der Waals surface area contributed by atoms with Crippen LogP contribution in [0.2, 0.25) is 0 Å². The number of hydrogen-bond donors (Lipinski definition) is 0. The Kier molecular flexibility index (Phi) is 3.30. The molecule has 0 saturated heterocycles. The molecule has 0 saturated carbocycles. The molecule has 1 heterocycles. The van der Waals surface area contributed by atoms with Crippen molar-refractivity contribution in [1.82, 2.24) is 0 Å². The first-order valence-corrected chi connectivity index (χ1v) is 6.22. The van der Waals surface area contributed by atoms with E-state index in [1.807, 2.05) is 19.1 Å². The molecule has 0 N–H and O–H groups in total. The second-order valence-corrected chi connectivity index (χ2v) is 5.10. The van der Waals surface area contributed by atoms with Crippen molar-refractivity contribution in [3.05, 3.63) is 56.4 Å². The van der Waals surface area contributed by atoms with E-state index in [1.165, 1.54) is 6.26 Å². The third kappa shape index (κ3) is 2.13. The van der Waals surface area contributed by atoms with Gasteiger partial charge >= 0.3 is 0 Å². The molecule has 0 spiro atoms. The quantitative estimate of drug-likeness (QED) is 0.759. The van der Waals surface area contributed by atoms with Crippen LogP contribution in [0.4, 0.5) is 0 Å². The summed E-state index contributed by atoms with van der Waals surface area (Å²) in [5.74, 6) is 0.217. The Morgan fingerprint density at radius 2 is 1.94 bits per heavy atom. The molecule has 1 aromatic carbocycles. The van der Waals surface area contributed by atoms with Crippen molar-refractivity contribution in [1.29, 1.82) is 0 Å². The number of carbonyl (C=O) groups excluding carboxylic acids is 1. The molecule has 16 heavy (non-hydrogen) atoms. The first kappa shape index (κ1) is 11.6. The minimum atomic E-state index is -0.118. The van der Waals surface area contributed by atoms with Crippen molar-refractivity contribution >= 4 is 37.6 Å². The third-order valence-corrected chi connectivity index (χ3v) is 3.76. The molecule has 0 bridgehead atoms. The van der Waals surface area contributed by atoms with Crippen molar-refractivity contribution in [3.8, 4) is 0 Å². The molecule has 2 nitrogen and oxygen atoms in total. The minimum absolute atomic E-state index is 0.118. The maximum Gasteiger partial charge on any atom is 0.229 e. The van der Waals surface area contributed by atoms with Gasteiger partial charge in [-0.3, -0.25) is 4.79 Å². The van der Waals surface area contributed by atoms with Gasteiger partial charge in [0.15, 0.2) is 5.76 Å². The second kappa shape index (κ2) is 4.55. The summed E-state index contributed by atoms with van der Waals surface area (Å²) in [6, 6.07) is 7.17. The predicted octanol–water partition coefficient (Wildman–Crippen LogP) is 4.34. The van der Waals surface area contributed by atoms with Gasteiger partial charge in [0.1, 0.15) is 0 Å². The fourth-order valence-corrected chi connectivity index (χ4v) is 2.00. The zero-order valence-corrected chi connectivity index (χ0v) is 11.6. The highest BCUT2D eigenvalue weighted by Gasteiger charge is 2.16. The van der Waals surface area contributed by atoms with Crippen LogP contribution in [0.1, 0.15) is 21.7 Å². The number of ketones is 1. The highest BCUT2D eigenvalue weighted by Crippen LogP contribution is 2.23.